The topological polar surface area (TPSA) is 78.3 Å². The molecule has 3 rings (SSSR count). The Morgan fingerprint density at radius 1 is 1.23 bits per heavy atom. The van der Waals surface area contributed by atoms with E-state index < -0.39 is 0 Å². The largest absolute Gasteiger partial charge is 0.495 e. The molecule has 0 bridgehead atoms. The number of hydrogen-bond donors (Lipinski definition) is 1. The molecule has 0 radical (unpaired) electrons. The normalized spacial score (nSPS) is 10.9. The Hall–Kier alpha value is -2.23. The van der Waals surface area contributed by atoms with Crippen molar-refractivity contribution in [2.45, 2.75) is 32.5 Å². The molecule has 0 aliphatic rings. The van der Waals surface area contributed by atoms with Crippen LogP contribution in [0.5, 0.6) is 11.5 Å². The van der Waals surface area contributed by atoms with Crippen LogP contribution >= 0.6 is 34.7 Å². The maximum Gasteiger partial charge on any atom is 0.234 e. The highest BCUT2D eigenvalue weighted by molar-refractivity contribution is 7.99. The maximum atomic E-state index is 12.6. The van der Waals surface area contributed by atoms with Gasteiger partial charge >= 0.3 is 0 Å². The number of thioether (sulfide) groups is 1. The summed E-state index contributed by atoms with van der Waals surface area (Å²) in [4.78, 5) is 13.8. The molecular formula is C20H23ClN4O3S2. The van der Waals surface area contributed by atoms with Gasteiger partial charge < -0.3 is 19.4 Å². The number of carbonyl (C=O) groups excluding carboxylic acids is 1. The summed E-state index contributed by atoms with van der Waals surface area (Å²) in [6, 6.07) is 3.24. The molecule has 1 amide bonds. The van der Waals surface area contributed by atoms with Crippen LogP contribution in [0.15, 0.2) is 22.7 Å². The summed E-state index contributed by atoms with van der Waals surface area (Å²) in [7, 11) is 3.03. The van der Waals surface area contributed by atoms with Gasteiger partial charge in [-0.1, -0.05) is 23.4 Å². The van der Waals surface area contributed by atoms with Gasteiger partial charge in [-0.25, -0.2) is 0 Å². The van der Waals surface area contributed by atoms with Crippen LogP contribution in [0, 0.1) is 13.8 Å². The number of benzene rings is 1. The van der Waals surface area contributed by atoms with Gasteiger partial charge in [0.05, 0.1) is 30.7 Å². The standard InChI is InChI=1S/C20H23ClN4O3S2/c1-6-25-19(13-9-29-12(3)11(13)2)23-24-20(25)30-10-18(26)22-15-8-16(27-4)14(21)7-17(15)28-5/h7-9H,6,10H2,1-5H3,(H,22,26). The molecule has 7 nitrogen and oxygen atoms in total. The fourth-order valence-electron chi connectivity index (χ4n) is 2.89. The number of halogens is 1. The zero-order valence-corrected chi connectivity index (χ0v) is 19.8. The quantitative estimate of drug-likeness (QED) is 0.468. The second-order valence-electron chi connectivity index (χ2n) is 6.40. The molecule has 0 saturated heterocycles. The molecule has 0 aliphatic heterocycles. The number of methoxy groups -OCH3 is 2. The fourth-order valence-corrected chi connectivity index (χ4v) is 4.79. The summed E-state index contributed by atoms with van der Waals surface area (Å²) in [5.74, 6) is 1.72. The average molecular weight is 467 g/mol. The van der Waals surface area contributed by atoms with Crippen LogP contribution in [0.2, 0.25) is 5.02 Å². The number of nitrogens with one attached hydrogen (secondary N) is 1. The first-order valence-corrected chi connectivity index (χ1v) is 11.5. The molecule has 2 heterocycles. The van der Waals surface area contributed by atoms with E-state index in [2.05, 4.69) is 34.7 Å². The second kappa shape index (κ2) is 9.72. The molecule has 0 atom stereocenters. The van der Waals surface area contributed by atoms with Crippen molar-refractivity contribution in [3.8, 4) is 22.9 Å². The Morgan fingerprint density at radius 2 is 1.97 bits per heavy atom. The summed E-state index contributed by atoms with van der Waals surface area (Å²) < 4.78 is 12.5. The van der Waals surface area contributed by atoms with Crippen molar-refractivity contribution in [1.82, 2.24) is 14.8 Å². The Kier molecular flexibility index (Phi) is 7.27. The van der Waals surface area contributed by atoms with Gasteiger partial charge in [-0.15, -0.1) is 21.5 Å². The van der Waals surface area contributed by atoms with Crippen molar-refractivity contribution < 1.29 is 14.3 Å². The molecule has 1 aromatic carbocycles. The zero-order valence-electron chi connectivity index (χ0n) is 17.4. The summed E-state index contributed by atoms with van der Waals surface area (Å²) in [6.07, 6.45) is 0. The average Bonchev–Trinajstić information content (AvgIpc) is 3.29. The first-order chi connectivity index (χ1) is 14.4. The Morgan fingerprint density at radius 3 is 2.57 bits per heavy atom. The number of aryl methyl sites for hydroxylation is 1. The van der Waals surface area contributed by atoms with Gasteiger partial charge in [0.1, 0.15) is 11.5 Å². The van der Waals surface area contributed by atoms with E-state index in [9.17, 15) is 4.79 Å². The minimum absolute atomic E-state index is 0.174. The first-order valence-electron chi connectivity index (χ1n) is 9.22. The Balaban J connectivity index is 1.74. The van der Waals surface area contributed by atoms with Crippen molar-refractivity contribution in [1.29, 1.82) is 0 Å². The Bertz CT molecular complexity index is 1060. The van der Waals surface area contributed by atoms with Gasteiger partial charge in [-0.2, -0.15) is 0 Å². The number of anilines is 1. The van der Waals surface area contributed by atoms with E-state index in [1.807, 2.05) is 11.5 Å². The number of nitrogens with zero attached hydrogens (tertiary/aromatic N) is 3. The van der Waals surface area contributed by atoms with Crippen molar-refractivity contribution in [2.24, 2.45) is 0 Å². The van der Waals surface area contributed by atoms with E-state index in [0.29, 0.717) is 33.9 Å². The highest BCUT2D eigenvalue weighted by Gasteiger charge is 2.18. The molecule has 30 heavy (non-hydrogen) atoms. The van der Waals surface area contributed by atoms with Crippen molar-refractivity contribution in [3.05, 3.63) is 33.0 Å². The van der Waals surface area contributed by atoms with E-state index in [-0.39, 0.29) is 11.7 Å². The van der Waals surface area contributed by atoms with E-state index in [4.69, 9.17) is 21.1 Å². The number of carbonyl (C=O) groups is 1. The van der Waals surface area contributed by atoms with Crippen molar-refractivity contribution in [2.75, 3.05) is 25.3 Å². The lowest BCUT2D eigenvalue weighted by atomic mass is 10.1. The number of rotatable bonds is 8. The van der Waals surface area contributed by atoms with E-state index in [1.165, 1.54) is 36.4 Å². The van der Waals surface area contributed by atoms with Crippen LogP contribution in [0.1, 0.15) is 17.4 Å². The molecule has 1 N–H and O–H groups in total. The van der Waals surface area contributed by atoms with E-state index in [1.54, 1.807) is 23.5 Å². The van der Waals surface area contributed by atoms with Crippen LogP contribution < -0.4 is 14.8 Å². The number of hydrogen-bond acceptors (Lipinski definition) is 7. The minimum atomic E-state index is -0.197. The van der Waals surface area contributed by atoms with Crippen LogP contribution in [0.25, 0.3) is 11.4 Å². The third-order valence-electron chi connectivity index (χ3n) is 4.64. The molecule has 0 fully saturated rings. The number of aromatic nitrogens is 3. The molecule has 160 valence electrons. The second-order valence-corrected chi connectivity index (χ2v) is 8.84. The smallest absolute Gasteiger partial charge is 0.234 e. The van der Waals surface area contributed by atoms with Gasteiger partial charge in [-0.3, -0.25) is 4.79 Å². The SMILES string of the molecule is CCn1c(SCC(=O)Nc2cc(OC)c(Cl)cc2OC)nnc1-c1csc(C)c1C. The lowest BCUT2D eigenvalue weighted by Gasteiger charge is -2.13. The van der Waals surface area contributed by atoms with Gasteiger partial charge in [-0.05, 0) is 26.3 Å². The Labute approximate surface area is 188 Å². The van der Waals surface area contributed by atoms with Crippen molar-refractivity contribution >= 4 is 46.3 Å². The van der Waals surface area contributed by atoms with Crippen LogP contribution in [0.4, 0.5) is 5.69 Å². The van der Waals surface area contributed by atoms with Crippen LogP contribution in [0.3, 0.4) is 0 Å². The number of ether oxygens (including phenoxy) is 2. The zero-order chi connectivity index (χ0) is 21.8. The molecule has 2 aromatic heterocycles. The molecule has 3 aromatic rings. The summed E-state index contributed by atoms with van der Waals surface area (Å²) >= 11 is 9.15. The van der Waals surface area contributed by atoms with Gasteiger partial charge in [0, 0.05) is 34.5 Å². The summed E-state index contributed by atoms with van der Waals surface area (Å²) in [6.45, 7) is 6.93. The lowest BCUT2D eigenvalue weighted by molar-refractivity contribution is -0.113. The van der Waals surface area contributed by atoms with Crippen LogP contribution in [-0.4, -0.2) is 40.6 Å². The van der Waals surface area contributed by atoms with Gasteiger partial charge in [0.25, 0.3) is 0 Å². The molecule has 0 unspecified atom stereocenters. The van der Waals surface area contributed by atoms with Crippen LogP contribution in [-0.2, 0) is 11.3 Å². The number of thiophene rings is 1. The van der Waals surface area contributed by atoms with E-state index in [0.717, 1.165) is 11.4 Å². The third-order valence-corrected chi connectivity index (χ3v) is 6.92. The molecule has 10 heteroatoms. The summed E-state index contributed by atoms with van der Waals surface area (Å²) in [5, 5.41) is 14.7. The molecule has 0 saturated carbocycles. The first kappa shape index (κ1) is 22.5. The fraction of sp³-hybridized carbons (Fsp3) is 0.350. The molecular weight excluding hydrogens is 444 g/mol. The van der Waals surface area contributed by atoms with Gasteiger partial charge in [0.2, 0.25) is 5.91 Å². The lowest BCUT2D eigenvalue weighted by Crippen LogP contribution is -2.15. The monoisotopic (exact) mass is 466 g/mol. The predicted molar refractivity (Wildman–Crippen MR) is 122 cm³/mol. The third kappa shape index (κ3) is 4.58. The van der Waals surface area contributed by atoms with Gasteiger partial charge in [0.15, 0.2) is 11.0 Å². The predicted octanol–water partition coefficient (Wildman–Crippen LogP) is 5.04. The minimum Gasteiger partial charge on any atom is -0.495 e. The molecule has 0 spiro atoms. The maximum absolute atomic E-state index is 12.6. The highest BCUT2D eigenvalue weighted by atomic mass is 35.5. The highest BCUT2D eigenvalue weighted by Crippen LogP contribution is 2.36. The summed E-state index contributed by atoms with van der Waals surface area (Å²) in [5.41, 5.74) is 2.78. The molecule has 0 aliphatic carbocycles. The van der Waals surface area contributed by atoms with E-state index >= 15 is 0 Å². The van der Waals surface area contributed by atoms with Crippen molar-refractivity contribution in [3.63, 3.8) is 0 Å². The number of amides is 1.